The average molecular weight is 261 g/mol. The van der Waals surface area contributed by atoms with Crippen LogP contribution in [0.2, 0.25) is 0 Å². The Balaban J connectivity index is 2.05. The monoisotopic (exact) mass is 261 g/mol. The quantitative estimate of drug-likeness (QED) is 0.881. The van der Waals surface area contributed by atoms with Crippen molar-refractivity contribution in [3.8, 4) is 17.5 Å². The third-order valence-corrected chi connectivity index (χ3v) is 2.54. The van der Waals surface area contributed by atoms with Crippen LogP contribution in [0.3, 0.4) is 0 Å². The number of anilines is 1. The Labute approximate surface area is 111 Å². The zero-order chi connectivity index (χ0) is 13.7. The number of rotatable bonds is 5. The van der Waals surface area contributed by atoms with Crippen molar-refractivity contribution in [2.75, 3.05) is 20.0 Å². The van der Waals surface area contributed by atoms with Crippen molar-refractivity contribution in [2.24, 2.45) is 0 Å². The Hall–Kier alpha value is -2.50. The molecule has 19 heavy (non-hydrogen) atoms. The molecule has 1 aromatic heterocycles. The zero-order valence-corrected chi connectivity index (χ0v) is 10.8. The van der Waals surface area contributed by atoms with E-state index in [1.807, 2.05) is 24.3 Å². The molecule has 0 fully saturated rings. The fraction of sp³-hybridized carbons (Fsp3) is 0.231. The number of nitrogens with two attached hydrogens (primary N) is 1. The molecule has 1 heterocycles. The van der Waals surface area contributed by atoms with Crippen LogP contribution in [-0.4, -0.2) is 24.2 Å². The normalized spacial score (nSPS) is 10.0. The second-order valence-electron chi connectivity index (χ2n) is 3.74. The number of hydrogen-bond donors (Lipinski definition) is 1. The molecule has 0 saturated carbocycles. The van der Waals surface area contributed by atoms with Gasteiger partial charge in [0.15, 0.2) is 5.69 Å². The molecule has 0 unspecified atom stereocenters. The van der Waals surface area contributed by atoms with E-state index in [4.69, 9.17) is 19.9 Å². The minimum absolute atomic E-state index is 0.290. The first-order valence-electron chi connectivity index (χ1n) is 5.64. The number of aromatic nitrogens is 2. The van der Waals surface area contributed by atoms with E-state index >= 15 is 0 Å². The van der Waals surface area contributed by atoms with Gasteiger partial charge in [0.05, 0.1) is 14.2 Å². The van der Waals surface area contributed by atoms with Crippen LogP contribution in [0.15, 0.2) is 30.6 Å². The SMILES string of the molecule is COc1ccc(COc2ncnc(OC)c2N)cc1. The van der Waals surface area contributed by atoms with E-state index in [1.54, 1.807) is 7.11 Å². The van der Waals surface area contributed by atoms with Gasteiger partial charge in [-0.3, -0.25) is 0 Å². The zero-order valence-electron chi connectivity index (χ0n) is 10.8. The summed E-state index contributed by atoms with van der Waals surface area (Å²) in [7, 11) is 3.12. The molecule has 0 bridgehead atoms. The molecule has 0 saturated heterocycles. The molecule has 0 radical (unpaired) electrons. The van der Waals surface area contributed by atoms with Crippen molar-refractivity contribution in [3.05, 3.63) is 36.2 Å². The number of nitrogens with zero attached hydrogens (tertiary/aromatic N) is 2. The maximum absolute atomic E-state index is 5.81. The molecule has 0 aliphatic carbocycles. The minimum atomic E-state index is 0.290. The summed E-state index contributed by atoms with van der Waals surface area (Å²) in [5.41, 5.74) is 7.08. The first-order chi connectivity index (χ1) is 9.24. The van der Waals surface area contributed by atoms with Gasteiger partial charge in [0.2, 0.25) is 11.8 Å². The van der Waals surface area contributed by atoms with E-state index in [1.165, 1.54) is 13.4 Å². The van der Waals surface area contributed by atoms with E-state index in [0.717, 1.165) is 11.3 Å². The van der Waals surface area contributed by atoms with E-state index < -0.39 is 0 Å². The van der Waals surface area contributed by atoms with Gasteiger partial charge in [0.25, 0.3) is 0 Å². The lowest BCUT2D eigenvalue weighted by Gasteiger charge is -2.09. The lowest BCUT2D eigenvalue weighted by molar-refractivity contribution is 0.291. The van der Waals surface area contributed by atoms with Crippen LogP contribution in [-0.2, 0) is 6.61 Å². The molecule has 6 heteroatoms. The van der Waals surface area contributed by atoms with E-state index in [-0.39, 0.29) is 0 Å². The molecule has 2 aromatic rings. The van der Waals surface area contributed by atoms with E-state index in [0.29, 0.717) is 24.1 Å². The highest BCUT2D eigenvalue weighted by Crippen LogP contribution is 2.26. The maximum Gasteiger partial charge on any atom is 0.244 e. The summed E-state index contributed by atoms with van der Waals surface area (Å²) in [6.45, 7) is 0.356. The lowest BCUT2D eigenvalue weighted by Crippen LogP contribution is -2.03. The Morgan fingerprint density at radius 1 is 1.00 bits per heavy atom. The van der Waals surface area contributed by atoms with Crippen LogP contribution < -0.4 is 19.9 Å². The summed E-state index contributed by atoms with van der Waals surface area (Å²) >= 11 is 0. The maximum atomic E-state index is 5.81. The van der Waals surface area contributed by atoms with Crippen molar-refractivity contribution < 1.29 is 14.2 Å². The molecule has 2 N–H and O–H groups in total. The van der Waals surface area contributed by atoms with Crippen LogP contribution in [0.25, 0.3) is 0 Å². The predicted octanol–water partition coefficient (Wildman–Crippen LogP) is 1.66. The molecule has 0 spiro atoms. The van der Waals surface area contributed by atoms with Gasteiger partial charge in [-0.2, -0.15) is 9.97 Å². The summed E-state index contributed by atoms with van der Waals surface area (Å²) in [5.74, 6) is 1.41. The molecule has 0 aliphatic heterocycles. The number of nitrogen functional groups attached to an aromatic ring is 1. The van der Waals surface area contributed by atoms with E-state index in [9.17, 15) is 0 Å². The minimum Gasteiger partial charge on any atom is -0.497 e. The van der Waals surface area contributed by atoms with Gasteiger partial charge in [-0.15, -0.1) is 0 Å². The van der Waals surface area contributed by atoms with Crippen LogP contribution >= 0.6 is 0 Å². The highest BCUT2D eigenvalue weighted by Gasteiger charge is 2.09. The van der Waals surface area contributed by atoms with Crippen LogP contribution in [0.5, 0.6) is 17.5 Å². The third kappa shape index (κ3) is 3.04. The second kappa shape index (κ2) is 5.90. The largest absolute Gasteiger partial charge is 0.497 e. The third-order valence-electron chi connectivity index (χ3n) is 2.54. The topological polar surface area (TPSA) is 79.5 Å². The van der Waals surface area contributed by atoms with Gasteiger partial charge < -0.3 is 19.9 Å². The van der Waals surface area contributed by atoms with Gasteiger partial charge in [-0.25, -0.2) is 0 Å². The molecular formula is C13H15N3O3. The Bertz CT molecular complexity index is 543. The Morgan fingerprint density at radius 2 is 1.68 bits per heavy atom. The number of hydrogen-bond acceptors (Lipinski definition) is 6. The molecule has 0 amide bonds. The first-order valence-corrected chi connectivity index (χ1v) is 5.64. The highest BCUT2D eigenvalue weighted by atomic mass is 16.5. The van der Waals surface area contributed by atoms with Gasteiger partial charge in [-0.1, -0.05) is 12.1 Å². The highest BCUT2D eigenvalue weighted by molar-refractivity contribution is 5.55. The lowest BCUT2D eigenvalue weighted by atomic mass is 10.2. The molecule has 6 nitrogen and oxygen atoms in total. The summed E-state index contributed by atoms with van der Waals surface area (Å²) in [6.07, 6.45) is 1.35. The van der Waals surface area contributed by atoms with E-state index in [2.05, 4.69) is 9.97 Å². The van der Waals surface area contributed by atoms with Crippen molar-refractivity contribution in [3.63, 3.8) is 0 Å². The van der Waals surface area contributed by atoms with Gasteiger partial charge in [0.1, 0.15) is 18.7 Å². The molecule has 1 aromatic carbocycles. The van der Waals surface area contributed by atoms with Gasteiger partial charge >= 0.3 is 0 Å². The van der Waals surface area contributed by atoms with Gasteiger partial charge in [0, 0.05) is 0 Å². The summed E-state index contributed by atoms with van der Waals surface area (Å²) < 4.78 is 15.6. The Kier molecular flexibility index (Phi) is 4.02. The smallest absolute Gasteiger partial charge is 0.244 e. The summed E-state index contributed by atoms with van der Waals surface area (Å²) in [5, 5.41) is 0. The van der Waals surface area contributed by atoms with Crippen molar-refractivity contribution in [2.45, 2.75) is 6.61 Å². The fourth-order valence-electron chi connectivity index (χ4n) is 1.52. The molecular weight excluding hydrogens is 246 g/mol. The van der Waals surface area contributed by atoms with Crippen LogP contribution in [0.4, 0.5) is 5.69 Å². The first kappa shape index (κ1) is 12.9. The van der Waals surface area contributed by atoms with Crippen LogP contribution in [0.1, 0.15) is 5.56 Å². The number of ether oxygens (including phenoxy) is 3. The van der Waals surface area contributed by atoms with Crippen molar-refractivity contribution in [1.82, 2.24) is 9.97 Å². The molecule has 0 atom stereocenters. The molecule has 100 valence electrons. The van der Waals surface area contributed by atoms with Crippen LogP contribution in [0, 0.1) is 0 Å². The van der Waals surface area contributed by atoms with Crippen molar-refractivity contribution >= 4 is 5.69 Å². The summed E-state index contributed by atoms with van der Waals surface area (Å²) in [6, 6.07) is 7.55. The average Bonchev–Trinajstić information content (AvgIpc) is 2.47. The predicted molar refractivity (Wildman–Crippen MR) is 70.3 cm³/mol. The molecule has 2 rings (SSSR count). The van der Waals surface area contributed by atoms with Crippen molar-refractivity contribution in [1.29, 1.82) is 0 Å². The number of methoxy groups -OCH3 is 2. The fourth-order valence-corrected chi connectivity index (χ4v) is 1.52. The summed E-state index contributed by atoms with van der Waals surface area (Å²) in [4.78, 5) is 7.85. The standard InChI is InChI=1S/C13H15N3O3/c1-17-10-5-3-9(4-6-10)7-19-13-11(14)12(18-2)15-8-16-13/h3-6,8H,7,14H2,1-2H3. The molecule has 0 aliphatic rings. The Morgan fingerprint density at radius 3 is 2.32 bits per heavy atom. The number of benzene rings is 1. The van der Waals surface area contributed by atoms with Gasteiger partial charge in [-0.05, 0) is 17.7 Å². The second-order valence-corrected chi connectivity index (χ2v) is 3.74.